The average Bonchev–Trinajstić information content (AvgIpc) is 3.62. The molecule has 1 aliphatic rings. The molecule has 45 heavy (non-hydrogen) atoms. The van der Waals surface area contributed by atoms with E-state index >= 15 is 0 Å². The van der Waals surface area contributed by atoms with Gasteiger partial charge in [-0.3, -0.25) is 4.98 Å². The molecule has 0 atom stereocenters. The lowest BCUT2D eigenvalue weighted by Gasteiger charge is -2.20. The highest BCUT2D eigenvalue weighted by Crippen LogP contribution is 2.41. The molecule has 0 saturated heterocycles. The number of halogens is 1. The van der Waals surface area contributed by atoms with Gasteiger partial charge in [-0.15, -0.1) is 24.0 Å². The van der Waals surface area contributed by atoms with E-state index in [2.05, 4.69) is 154 Å². The van der Waals surface area contributed by atoms with Crippen LogP contribution in [0.2, 0.25) is 0 Å². The quantitative estimate of drug-likeness (QED) is 0.187. The molecule has 4 nitrogen and oxygen atoms in total. The molecular weight excluding hydrogens is 663 g/mol. The molecule has 0 radical (unpaired) electrons. The molecule has 9 rings (SSSR count). The van der Waals surface area contributed by atoms with Crippen molar-refractivity contribution in [3.63, 3.8) is 0 Å². The van der Waals surface area contributed by atoms with E-state index in [1.54, 1.807) is 0 Å². The van der Waals surface area contributed by atoms with Crippen LogP contribution in [0.15, 0.2) is 152 Å². The van der Waals surface area contributed by atoms with Crippen LogP contribution in [0.4, 0.5) is 0 Å². The van der Waals surface area contributed by atoms with E-state index in [1.165, 1.54) is 54.9 Å². The number of fused-ring (bicyclic) bond motifs is 7. The van der Waals surface area contributed by atoms with Crippen molar-refractivity contribution < 1.29 is 0 Å². The summed E-state index contributed by atoms with van der Waals surface area (Å²) in [5.41, 5.74) is 11.4. The van der Waals surface area contributed by atoms with Crippen LogP contribution in [0.25, 0.3) is 72.0 Å². The van der Waals surface area contributed by atoms with Gasteiger partial charge in [0.2, 0.25) is 0 Å². The highest BCUT2D eigenvalue weighted by Gasteiger charge is 2.22. The van der Waals surface area contributed by atoms with Crippen LogP contribution >= 0.6 is 24.0 Å². The van der Waals surface area contributed by atoms with Crippen molar-refractivity contribution >= 4 is 79.0 Å². The van der Waals surface area contributed by atoms with Gasteiger partial charge in [0, 0.05) is 38.5 Å². The zero-order valence-electron chi connectivity index (χ0n) is 24.4. The Kier molecular flexibility index (Phi) is 6.76. The summed E-state index contributed by atoms with van der Waals surface area (Å²) in [4.78, 5) is 4.93. The molecule has 1 aliphatic heterocycles. The Labute approximate surface area is 278 Å². The van der Waals surface area contributed by atoms with Crippen molar-refractivity contribution in [2.45, 2.75) is 0 Å². The van der Waals surface area contributed by atoms with Gasteiger partial charge in [-0.05, 0) is 42.0 Å². The van der Waals surface area contributed by atoms with Crippen molar-refractivity contribution in [3.8, 4) is 16.9 Å². The second-order valence-corrected chi connectivity index (χ2v) is 11.3. The number of hydrogen-bond donors (Lipinski definition) is 1. The molecular formula is C40H29IN4. The molecule has 8 aromatic rings. The number of benzene rings is 5. The first-order valence-corrected chi connectivity index (χ1v) is 15.0. The number of pyridine rings is 1. The molecule has 4 heterocycles. The third-order valence-corrected chi connectivity index (χ3v) is 8.82. The second kappa shape index (κ2) is 11.1. The molecule has 1 N–H and O–H groups in total. The average molecular weight is 693 g/mol. The number of rotatable bonds is 4. The van der Waals surface area contributed by atoms with Crippen LogP contribution in [0.3, 0.4) is 0 Å². The predicted molar refractivity (Wildman–Crippen MR) is 199 cm³/mol. The normalized spacial score (nSPS) is 13.1. The lowest BCUT2D eigenvalue weighted by Crippen LogP contribution is -2.20. The zero-order valence-corrected chi connectivity index (χ0v) is 26.7. The van der Waals surface area contributed by atoms with Gasteiger partial charge >= 0.3 is 0 Å². The number of nitrogens with zero attached hydrogens (tertiary/aromatic N) is 3. The molecule has 3 aromatic heterocycles. The van der Waals surface area contributed by atoms with E-state index in [1.807, 2.05) is 12.3 Å². The summed E-state index contributed by atoms with van der Waals surface area (Å²) in [7, 11) is 0. The monoisotopic (exact) mass is 692 g/mol. The van der Waals surface area contributed by atoms with Gasteiger partial charge in [0.25, 0.3) is 0 Å². The maximum absolute atomic E-state index is 4.93. The van der Waals surface area contributed by atoms with Gasteiger partial charge in [-0.1, -0.05) is 109 Å². The maximum atomic E-state index is 4.93. The number of allylic oxidation sites excluding steroid dienone is 2. The number of aromatic nitrogens is 3. The summed E-state index contributed by atoms with van der Waals surface area (Å²) in [5.74, 6) is 0. The fourth-order valence-electron chi connectivity index (χ4n) is 6.82. The zero-order chi connectivity index (χ0) is 29.0. The minimum absolute atomic E-state index is 0. The van der Waals surface area contributed by atoms with Crippen LogP contribution < -0.4 is 5.32 Å². The Balaban J connectivity index is 0.00000300. The molecule has 0 fully saturated rings. The van der Waals surface area contributed by atoms with Crippen molar-refractivity contribution in [3.05, 3.63) is 157 Å². The maximum Gasteiger partial charge on any atom is 0.0789 e. The smallest absolute Gasteiger partial charge is 0.0789 e. The molecule has 0 saturated carbocycles. The predicted octanol–water partition coefficient (Wildman–Crippen LogP) is 10.1. The van der Waals surface area contributed by atoms with Crippen LogP contribution in [-0.2, 0) is 0 Å². The summed E-state index contributed by atoms with van der Waals surface area (Å²) in [5, 5.41) is 8.65. The van der Waals surface area contributed by atoms with Gasteiger partial charge in [0.1, 0.15) is 0 Å². The van der Waals surface area contributed by atoms with Gasteiger partial charge in [0.05, 0.1) is 46.2 Å². The summed E-state index contributed by atoms with van der Waals surface area (Å²) < 4.78 is 4.85. The van der Waals surface area contributed by atoms with E-state index in [-0.39, 0.29) is 24.0 Å². The first-order valence-electron chi connectivity index (χ1n) is 15.0. The molecule has 5 heteroatoms. The molecule has 0 bridgehead atoms. The molecule has 5 aromatic carbocycles. The molecule has 0 spiro atoms. The van der Waals surface area contributed by atoms with E-state index in [0.717, 1.165) is 29.2 Å². The largest absolute Gasteiger partial charge is 0.379 e. The molecule has 216 valence electrons. The summed E-state index contributed by atoms with van der Waals surface area (Å²) in [6.45, 7) is 0.721. The second-order valence-electron chi connectivity index (χ2n) is 11.3. The molecule has 0 amide bonds. The van der Waals surface area contributed by atoms with E-state index in [9.17, 15) is 0 Å². The Morgan fingerprint density at radius 3 is 1.69 bits per heavy atom. The lowest BCUT2D eigenvalue weighted by atomic mass is 10.1. The third kappa shape index (κ3) is 4.37. The standard InChI is InChI=1S/C40H28N4.HI/c1-3-11-27(12-4-1)35-23-19-29(25-41-35)43-37-17-9-7-15-31(37)33-21-22-34-32-16-8-10-18-38(32)44(40(34)39(33)43)30-20-24-36(42-26-30)28-13-5-2-6-14-28;/h1-25,42H,26H2;1H. The van der Waals surface area contributed by atoms with Crippen LogP contribution in [0.5, 0.6) is 0 Å². The van der Waals surface area contributed by atoms with Gasteiger partial charge < -0.3 is 14.5 Å². The summed E-state index contributed by atoms with van der Waals surface area (Å²) in [6.07, 6.45) is 6.49. The first-order chi connectivity index (χ1) is 21.8. The van der Waals surface area contributed by atoms with Crippen LogP contribution in [0.1, 0.15) is 5.56 Å². The third-order valence-electron chi connectivity index (χ3n) is 8.82. The first kappa shape index (κ1) is 27.4. The summed E-state index contributed by atoms with van der Waals surface area (Å²) >= 11 is 0. The fourth-order valence-corrected chi connectivity index (χ4v) is 6.82. The number of hydrogen-bond acceptors (Lipinski definition) is 2. The lowest BCUT2D eigenvalue weighted by molar-refractivity contribution is 0.958. The molecule has 0 unspecified atom stereocenters. The highest BCUT2D eigenvalue weighted by atomic mass is 127. The summed E-state index contributed by atoms with van der Waals surface area (Å²) in [6, 6.07) is 47.3. The number of nitrogens with one attached hydrogen (secondary N) is 1. The van der Waals surface area contributed by atoms with Crippen LogP contribution in [0, 0.1) is 0 Å². The fraction of sp³-hybridized carbons (Fsp3) is 0.0250. The van der Waals surface area contributed by atoms with E-state index < -0.39 is 0 Å². The number of dihydropyridines is 1. The van der Waals surface area contributed by atoms with Gasteiger partial charge in [-0.25, -0.2) is 0 Å². The Morgan fingerprint density at radius 1 is 0.511 bits per heavy atom. The minimum Gasteiger partial charge on any atom is -0.379 e. The number of para-hydroxylation sites is 2. The Morgan fingerprint density at radius 2 is 1.09 bits per heavy atom. The molecule has 0 aliphatic carbocycles. The van der Waals surface area contributed by atoms with Crippen LogP contribution in [-0.4, -0.2) is 20.7 Å². The Hall–Kier alpha value is -5.14. The van der Waals surface area contributed by atoms with Crippen molar-refractivity contribution in [1.82, 2.24) is 19.4 Å². The highest BCUT2D eigenvalue weighted by molar-refractivity contribution is 14.0. The van der Waals surface area contributed by atoms with Crippen molar-refractivity contribution in [1.29, 1.82) is 0 Å². The van der Waals surface area contributed by atoms with Crippen molar-refractivity contribution in [2.75, 3.05) is 6.54 Å². The SMILES string of the molecule is C1=C(c2ccccc2)NCC(n2c3ccccc3c3ccc4c5ccccc5n(-c5ccc(-c6ccccc6)nc5)c4c32)=C1.I. The van der Waals surface area contributed by atoms with E-state index in [4.69, 9.17) is 4.98 Å². The van der Waals surface area contributed by atoms with Gasteiger partial charge in [-0.2, -0.15) is 0 Å². The minimum atomic E-state index is 0. The van der Waals surface area contributed by atoms with Crippen molar-refractivity contribution in [2.24, 2.45) is 0 Å². The topological polar surface area (TPSA) is 34.8 Å². The Bertz CT molecular complexity index is 2410. The van der Waals surface area contributed by atoms with Gasteiger partial charge in [0.15, 0.2) is 0 Å². The van der Waals surface area contributed by atoms with E-state index in [0.29, 0.717) is 0 Å².